The zero-order chi connectivity index (χ0) is 13.2. The van der Waals surface area contributed by atoms with Gasteiger partial charge >= 0.3 is 0 Å². The van der Waals surface area contributed by atoms with Crippen LogP contribution in [0.25, 0.3) is 0 Å². The van der Waals surface area contributed by atoms with Crippen molar-refractivity contribution in [3.8, 4) is 0 Å². The van der Waals surface area contributed by atoms with E-state index >= 15 is 0 Å². The lowest BCUT2D eigenvalue weighted by Crippen LogP contribution is -2.39. The first-order chi connectivity index (χ1) is 8.77. The van der Waals surface area contributed by atoms with Gasteiger partial charge in [-0.05, 0) is 25.7 Å². The molecule has 1 aliphatic rings. The largest absolute Gasteiger partial charge is 0.370 e. The number of nitrogens with zero attached hydrogens (tertiary/aromatic N) is 2. The number of hydrogen-bond acceptors (Lipinski definition) is 1. The van der Waals surface area contributed by atoms with Gasteiger partial charge in [-0.15, -0.1) is 0 Å². The van der Waals surface area contributed by atoms with Crippen LogP contribution in [0.15, 0.2) is 4.99 Å². The second-order valence-electron chi connectivity index (χ2n) is 5.47. The third-order valence-corrected chi connectivity index (χ3v) is 3.78. The van der Waals surface area contributed by atoms with E-state index in [9.17, 15) is 0 Å². The number of aliphatic imine (C=N–C) groups is 1. The summed E-state index contributed by atoms with van der Waals surface area (Å²) in [5.74, 6) is 0.795. The zero-order valence-electron chi connectivity index (χ0n) is 12.3. The lowest BCUT2D eigenvalue weighted by atomic mass is 9.96. The predicted octanol–water partition coefficient (Wildman–Crippen LogP) is 3.54. The van der Waals surface area contributed by atoms with E-state index in [1.165, 1.54) is 57.8 Å². The molecule has 3 heteroatoms. The molecule has 0 aromatic rings. The first kappa shape index (κ1) is 15.3. The molecule has 0 radical (unpaired) electrons. The lowest BCUT2D eigenvalue weighted by molar-refractivity contribution is 0.382. The third kappa shape index (κ3) is 5.74. The first-order valence-corrected chi connectivity index (χ1v) is 7.86. The van der Waals surface area contributed by atoms with Gasteiger partial charge in [-0.1, -0.05) is 46.0 Å². The first-order valence-electron chi connectivity index (χ1n) is 7.86. The standard InChI is InChI=1S/C15H31N3/c1-3-5-12-18(13-6-4-2)15(16)17-14-10-8-7-9-11-14/h14H,3-13H2,1-2H3,(H2,16,17). The fourth-order valence-corrected chi connectivity index (χ4v) is 2.52. The molecule has 18 heavy (non-hydrogen) atoms. The molecule has 0 bridgehead atoms. The highest BCUT2D eigenvalue weighted by Crippen LogP contribution is 2.20. The minimum atomic E-state index is 0.490. The molecule has 0 saturated heterocycles. The van der Waals surface area contributed by atoms with Crippen molar-refractivity contribution in [2.24, 2.45) is 10.7 Å². The van der Waals surface area contributed by atoms with Gasteiger partial charge < -0.3 is 10.6 Å². The van der Waals surface area contributed by atoms with E-state index in [0.717, 1.165) is 19.0 Å². The highest BCUT2D eigenvalue weighted by atomic mass is 15.2. The van der Waals surface area contributed by atoms with E-state index in [2.05, 4.69) is 18.7 Å². The molecule has 1 saturated carbocycles. The molecule has 0 heterocycles. The van der Waals surface area contributed by atoms with Crippen LogP contribution in [0.1, 0.15) is 71.6 Å². The maximum Gasteiger partial charge on any atom is 0.191 e. The molecule has 0 aromatic carbocycles. The van der Waals surface area contributed by atoms with E-state index in [4.69, 9.17) is 10.7 Å². The van der Waals surface area contributed by atoms with Crippen LogP contribution < -0.4 is 5.73 Å². The average molecular weight is 253 g/mol. The van der Waals surface area contributed by atoms with Crippen LogP contribution in [0.3, 0.4) is 0 Å². The summed E-state index contributed by atoms with van der Waals surface area (Å²) in [7, 11) is 0. The lowest BCUT2D eigenvalue weighted by Gasteiger charge is -2.26. The van der Waals surface area contributed by atoms with E-state index in [1.807, 2.05) is 0 Å². The molecular formula is C15H31N3. The molecule has 0 aliphatic heterocycles. The van der Waals surface area contributed by atoms with Gasteiger partial charge in [-0.25, -0.2) is 4.99 Å². The number of guanidine groups is 1. The van der Waals surface area contributed by atoms with Crippen LogP contribution in [0.2, 0.25) is 0 Å². The minimum absolute atomic E-state index is 0.490. The van der Waals surface area contributed by atoms with Gasteiger partial charge in [-0.2, -0.15) is 0 Å². The minimum Gasteiger partial charge on any atom is -0.370 e. The summed E-state index contributed by atoms with van der Waals surface area (Å²) < 4.78 is 0. The third-order valence-electron chi connectivity index (χ3n) is 3.78. The van der Waals surface area contributed by atoms with Crippen LogP contribution in [0.5, 0.6) is 0 Å². The van der Waals surface area contributed by atoms with Gasteiger partial charge in [0.25, 0.3) is 0 Å². The summed E-state index contributed by atoms with van der Waals surface area (Å²) in [4.78, 5) is 7.06. The molecule has 2 N–H and O–H groups in total. The van der Waals surface area contributed by atoms with Crippen LogP contribution in [-0.2, 0) is 0 Å². The van der Waals surface area contributed by atoms with Gasteiger partial charge in [-0.3, -0.25) is 0 Å². The van der Waals surface area contributed by atoms with Gasteiger partial charge in [0.1, 0.15) is 0 Å². The predicted molar refractivity (Wildman–Crippen MR) is 79.9 cm³/mol. The Morgan fingerprint density at radius 2 is 1.61 bits per heavy atom. The van der Waals surface area contributed by atoms with Gasteiger partial charge in [0.15, 0.2) is 5.96 Å². The Labute approximate surface area is 113 Å². The van der Waals surface area contributed by atoms with E-state index in [0.29, 0.717) is 6.04 Å². The SMILES string of the molecule is CCCCN(CCCC)C(N)=NC1CCCCC1. The number of nitrogens with two attached hydrogens (primary N) is 1. The summed E-state index contributed by atoms with van der Waals surface area (Å²) in [6.45, 7) is 6.59. The van der Waals surface area contributed by atoms with E-state index in [1.54, 1.807) is 0 Å². The topological polar surface area (TPSA) is 41.6 Å². The summed E-state index contributed by atoms with van der Waals surface area (Å²) in [6, 6.07) is 0.490. The molecule has 0 atom stereocenters. The molecule has 3 nitrogen and oxygen atoms in total. The van der Waals surface area contributed by atoms with Crippen molar-refractivity contribution in [3.63, 3.8) is 0 Å². The Morgan fingerprint density at radius 1 is 1.06 bits per heavy atom. The molecule has 0 spiro atoms. The summed E-state index contributed by atoms with van der Waals surface area (Å²) in [6.07, 6.45) is 11.4. The monoisotopic (exact) mass is 253 g/mol. The molecule has 0 unspecified atom stereocenters. The molecule has 1 fully saturated rings. The molecule has 106 valence electrons. The maximum atomic E-state index is 6.21. The molecule has 1 aliphatic carbocycles. The van der Waals surface area contributed by atoms with Crippen molar-refractivity contribution < 1.29 is 0 Å². The smallest absolute Gasteiger partial charge is 0.191 e. The molecular weight excluding hydrogens is 222 g/mol. The quantitative estimate of drug-likeness (QED) is 0.557. The Morgan fingerprint density at radius 3 is 2.11 bits per heavy atom. The van der Waals surface area contributed by atoms with Crippen molar-refractivity contribution in [1.29, 1.82) is 0 Å². The highest BCUT2D eigenvalue weighted by Gasteiger charge is 2.14. The Hall–Kier alpha value is -0.730. The maximum absolute atomic E-state index is 6.21. The number of unbranched alkanes of at least 4 members (excludes halogenated alkanes) is 2. The summed E-state index contributed by atoms with van der Waals surface area (Å²) in [5.41, 5.74) is 6.21. The second kappa shape index (κ2) is 9.23. The molecule has 0 aromatic heterocycles. The molecule has 0 amide bonds. The number of rotatable bonds is 7. The fourth-order valence-electron chi connectivity index (χ4n) is 2.52. The van der Waals surface area contributed by atoms with Gasteiger partial charge in [0.05, 0.1) is 6.04 Å². The molecule has 1 rings (SSSR count). The Kier molecular flexibility index (Phi) is 7.86. The second-order valence-corrected chi connectivity index (χ2v) is 5.47. The number of hydrogen-bond donors (Lipinski definition) is 1. The van der Waals surface area contributed by atoms with Crippen LogP contribution in [-0.4, -0.2) is 30.0 Å². The van der Waals surface area contributed by atoms with Crippen molar-refractivity contribution in [3.05, 3.63) is 0 Å². The zero-order valence-corrected chi connectivity index (χ0v) is 12.3. The van der Waals surface area contributed by atoms with Crippen LogP contribution in [0.4, 0.5) is 0 Å². The van der Waals surface area contributed by atoms with Crippen molar-refractivity contribution in [1.82, 2.24) is 4.90 Å². The van der Waals surface area contributed by atoms with Gasteiger partial charge in [0, 0.05) is 13.1 Å². The van der Waals surface area contributed by atoms with Crippen molar-refractivity contribution in [2.45, 2.75) is 77.7 Å². The Balaban J connectivity index is 2.48. The van der Waals surface area contributed by atoms with Crippen molar-refractivity contribution >= 4 is 5.96 Å². The summed E-state index contributed by atoms with van der Waals surface area (Å²) in [5, 5.41) is 0. The fraction of sp³-hybridized carbons (Fsp3) is 0.933. The summed E-state index contributed by atoms with van der Waals surface area (Å²) >= 11 is 0. The van der Waals surface area contributed by atoms with Crippen molar-refractivity contribution in [2.75, 3.05) is 13.1 Å². The van der Waals surface area contributed by atoms with E-state index in [-0.39, 0.29) is 0 Å². The van der Waals surface area contributed by atoms with Crippen LogP contribution >= 0.6 is 0 Å². The highest BCUT2D eigenvalue weighted by molar-refractivity contribution is 5.78. The van der Waals surface area contributed by atoms with Crippen LogP contribution in [0, 0.1) is 0 Å². The van der Waals surface area contributed by atoms with E-state index < -0.39 is 0 Å². The van der Waals surface area contributed by atoms with Gasteiger partial charge in [0.2, 0.25) is 0 Å². The normalized spacial score (nSPS) is 18.0. The Bertz CT molecular complexity index is 224. The average Bonchev–Trinajstić information content (AvgIpc) is 2.40.